The summed E-state index contributed by atoms with van der Waals surface area (Å²) >= 11 is 0. The minimum Gasteiger partial charge on any atom is -0.508 e. The van der Waals surface area contributed by atoms with E-state index in [0.29, 0.717) is 5.56 Å². The maximum absolute atomic E-state index is 13.1. The molecule has 3 amide bonds. The average molecular weight is 431 g/mol. The van der Waals surface area contributed by atoms with Crippen molar-refractivity contribution in [2.75, 3.05) is 0 Å². The molecule has 0 saturated heterocycles. The Bertz CT molecular complexity index is 1050. The van der Waals surface area contributed by atoms with Gasteiger partial charge in [0.2, 0.25) is 11.8 Å². The Kier molecular flexibility index (Phi) is 7.59. The minimum absolute atomic E-state index is 0.0970. The van der Waals surface area contributed by atoms with Gasteiger partial charge in [-0.3, -0.25) is 14.4 Å². The van der Waals surface area contributed by atoms with Crippen molar-refractivity contribution in [2.24, 2.45) is 5.73 Å². The van der Waals surface area contributed by atoms with E-state index in [2.05, 4.69) is 10.6 Å². The summed E-state index contributed by atoms with van der Waals surface area (Å²) < 4.78 is 0. The predicted octanol–water partition coefficient (Wildman–Crippen LogP) is 1.95. The second-order valence-electron chi connectivity index (χ2n) is 7.42. The molecule has 0 aliphatic carbocycles. The lowest BCUT2D eigenvalue weighted by Crippen LogP contribution is -2.54. The predicted molar refractivity (Wildman–Crippen MR) is 121 cm³/mol. The third-order valence-corrected chi connectivity index (χ3v) is 4.98. The zero-order valence-corrected chi connectivity index (χ0v) is 17.4. The molecule has 3 aromatic rings. The van der Waals surface area contributed by atoms with Gasteiger partial charge in [-0.05, 0) is 35.4 Å². The Labute approximate surface area is 186 Å². The summed E-state index contributed by atoms with van der Waals surface area (Å²) in [5, 5.41) is 14.9. The first-order chi connectivity index (χ1) is 15.4. The smallest absolute Gasteiger partial charge is 0.251 e. The minimum atomic E-state index is -0.954. The van der Waals surface area contributed by atoms with Crippen molar-refractivity contribution in [1.82, 2.24) is 10.6 Å². The van der Waals surface area contributed by atoms with Crippen molar-refractivity contribution in [3.05, 3.63) is 102 Å². The second-order valence-corrected chi connectivity index (χ2v) is 7.42. The Morgan fingerprint density at radius 1 is 0.719 bits per heavy atom. The van der Waals surface area contributed by atoms with Gasteiger partial charge in [-0.1, -0.05) is 60.7 Å². The first-order valence-corrected chi connectivity index (χ1v) is 10.2. The van der Waals surface area contributed by atoms with E-state index in [4.69, 9.17) is 5.73 Å². The van der Waals surface area contributed by atoms with Crippen LogP contribution in [0.3, 0.4) is 0 Å². The van der Waals surface area contributed by atoms with Crippen molar-refractivity contribution in [2.45, 2.75) is 24.9 Å². The molecule has 0 saturated carbocycles. The molecule has 164 valence electrons. The Hall–Kier alpha value is -4.13. The summed E-state index contributed by atoms with van der Waals surface area (Å²) in [5.41, 5.74) is 7.51. The van der Waals surface area contributed by atoms with Crippen molar-refractivity contribution in [3.63, 3.8) is 0 Å². The molecule has 5 N–H and O–H groups in total. The number of amides is 3. The number of carbonyl (C=O) groups excluding carboxylic acids is 3. The van der Waals surface area contributed by atoms with E-state index in [1.165, 1.54) is 12.1 Å². The molecule has 0 heterocycles. The number of hydrogen-bond acceptors (Lipinski definition) is 4. The highest BCUT2D eigenvalue weighted by molar-refractivity contribution is 5.98. The van der Waals surface area contributed by atoms with Gasteiger partial charge in [0.25, 0.3) is 5.91 Å². The van der Waals surface area contributed by atoms with Gasteiger partial charge >= 0.3 is 0 Å². The van der Waals surface area contributed by atoms with Crippen LogP contribution in [0.2, 0.25) is 0 Å². The molecule has 0 fully saturated rings. The maximum atomic E-state index is 13.1. The van der Waals surface area contributed by atoms with Crippen molar-refractivity contribution < 1.29 is 19.5 Å². The number of nitrogens with one attached hydrogen (secondary N) is 2. The molecule has 32 heavy (non-hydrogen) atoms. The highest BCUT2D eigenvalue weighted by Crippen LogP contribution is 2.12. The SMILES string of the molecule is NC(=O)C(Cc1ccccc1)NC(=O)C(Cc1ccc(O)cc1)NC(=O)c1ccccc1. The number of rotatable bonds is 9. The summed E-state index contributed by atoms with van der Waals surface area (Å²) in [4.78, 5) is 37.8. The van der Waals surface area contributed by atoms with Crippen LogP contribution in [0.25, 0.3) is 0 Å². The fourth-order valence-corrected chi connectivity index (χ4v) is 3.25. The summed E-state index contributed by atoms with van der Waals surface area (Å²) in [7, 11) is 0. The quantitative estimate of drug-likeness (QED) is 0.414. The third kappa shape index (κ3) is 6.43. The lowest BCUT2D eigenvalue weighted by molar-refractivity contribution is -0.128. The molecule has 7 nitrogen and oxygen atoms in total. The number of carbonyl (C=O) groups is 3. The van der Waals surface area contributed by atoms with Crippen LogP contribution in [-0.2, 0) is 22.4 Å². The van der Waals surface area contributed by atoms with Crippen molar-refractivity contribution in [3.8, 4) is 5.75 Å². The van der Waals surface area contributed by atoms with E-state index >= 15 is 0 Å². The number of primary amides is 1. The molecule has 0 radical (unpaired) electrons. The monoisotopic (exact) mass is 431 g/mol. The van der Waals surface area contributed by atoms with Crippen LogP contribution >= 0.6 is 0 Å². The number of phenolic OH excluding ortho intramolecular Hbond substituents is 1. The maximum Gasteiger partial charge on any atom is 0.251 e. The number of hydrogen-bond donors (Lipinski definition) is 4. The van der Waals surface area contributed by atoms with Crippen LogP contribution in [0.1, 0.15) is 21.5 Å². The average Bonchev–Trinajstić information content (AvgIpc) is 2.80. The van der Waals surface area contributed by atoms with E-state index in [1.54, 1.807) is 42.5 Å². The third-order valence-electron chi connectivity index (χ3n) is 4.98. The van der Waals surface area contributed by atoms with Crippen LogP contribution in [0, 0.1) is 0 Å². The standard InChI is InChI=1S/C25H25N3O4/c26-23(30)21(15-17-7-3-1-4-8-17)27-25(32)22(16-18-11-13-20(29)14-12-18)28-24(31)19-9-5-2-6-10-19/h1-14,21-22,29H,15-16H2,(H2,26,30)(H,27,32)(H,28,31). The van der Waals surface area contributed by atoms with E-state index in [1.807, 2.05) is 30.3 Å². The van der Waals surface area contributed by atoms with Crippen LogP contribution in [0.5, 0.6) is 5.75 Å². The largest absolute Gasteiger partial charge is 0.508 e. The van der Waals surface area contributed by atoms with E-state index < -0.39 is 29.8 Å². The highest BCUT2D eigenvalue weighted by atomic mass is 16.3. The first-order valence-electron chi connectivity index (χ1n) is 10.2. The van der Waals surface area contributed by atoms with Gasteiger partial charge in [0, 0.05) is 18.4 Å². The summed E-state index contributed by atoms with van der Waals surface area (Å²) in [6.45, 7) is 0. The van der Waals surface area contributed by atoms with E-state index in [9.17, 15) is 19.5 Å². The van der Waals surface area contributed by atoms with Gasteiger partial charge < -0.3 is 21.5 Å². The lowest BCUT2D eigenvalue weighted by atomic mass is 10.0. The highest BCUT2D eigenvalue weighted by Gasteiger charge is 2.26. The molecule has 0 aromatic heterocycles. The number of phenols is 1. The van der Waals surface area contributed by atoms with Gasteiger partial charge in [-0.25, -0.2) is 0 Å². The molecule has 2 unspecified atom stereocenters. The molecule has 0 spiro atoms. The van der Waals surface area contributed by atoms with E-state index in [-0.39, 0.29) is 18.6 Å². The van der Waals surface area contributed by atoms with Crippen LogP contribution in [-0.4, -0.2) is 34.9 Å². The second kappa shape index (κ2) is 10.8. The van der Waals surface area contributed by atoms with Crippen molar-refractivity contribution >= 4 is 17.7 Å². The summed E-state index contributed by atoms with van der Waals surface area (Å²) in [5.74, 6) is -1.51. The topological polar surface area (TPSA) is 122 Å². The fourth-order valence-electron chi connectivity index (χ4n) is 3.25. The van der Waals surface area contributed by atoms with E-state index in [0.717, 1.165) is 11.1 Å². The number of benzene rings is 3. The summed E-state index contributed by atoms with van der Waals surface area (Å²) in [6, 6.07) is 22.2. The normalized spacial score (nSPS) is 12.4. The van der Waals surface area contributed by atoms with Crippen LogP contribution in [0.15, 0.2) is 84.9 Å². The van der Waals surface area contributed by atoms with Crippen LogP contribution < -0.4 is 16.4 Å². The first kappa shape index (κ1) is 22.6. The lowest BCUT2D eigenvalue weighted by Gasteiger charge is -2.22. The molecule has 0 aliphatic heterocycles. The van der Waals surface area contributed by atoms with Gasteiger partial charge in [-0.2, -0.15) is 0 Å². The molecule has 2 atom stereocenters. The fraction of sp³-hybridized carbons (Fsp3) is 0.160. The van der Waals surface area contributed by atoms with Crippen LogP contribution in [0.4, 0.5) is 0 Å². The molecule has 0 bridgehead atoms. The zero-order chi connectivity index (χ0) is 22.9. The van der Waals surface area contributed by atoms with Gasteiger partial charge in [0.15, 0.2) is 0 Å². The van der Waals surface area contributed by atoms with Gasteiger partial charge in [0.05, 0.1) is 0 Å². The summed E-state index contributed by atoms with van der Waals surface area (Å²) in [6.07, 6.45) is 0.405. The Balaban J connectivity index is 1.78. The van der Waals surface area contributed by atoms with Crippen molar-refractivity contribution in [1.29, 1.82) is 0 Å². The molecule has 0 aliphatic rings. The zero-order valence-electron chi connectivity index (χ0n) is 17.4. The molecule has 7 heteroatoms. The number of aromatic hydroxyl groups is 1. The molecule has 3 aromatic carbocycles. The molecular weight excluding hydrogens is 406 g/mol. The van der Waals surface area contributed by atoms with Gasteiger partial charge in [-0.15, -0.1) is 0 Å². The number of nitrogens with two attached hydrogens (primary N) is 1. The Morgan fingerprint density at radius 3 is 1.84 bits per heavy atom. The molecule has 3 rings (SSSR count). The van der Waals surface area contributed by atoms with Gasteiger partial charge in [0.1, 0.15) is 17.8 Å². The molecular formula is C25H25N3O4. The Morgan fingerprint density at radius 2 is 1.25 bits per heavy atom.